The molecule has 2 aromatic rings. The zero-order valence-corrected chi connectivity index (χ0v) is 18.5. The van der Waals surface area contributed by atoms with Crippen LogP contribution in [0.1, 0.15) is 45.7 Å². The molecule has 2 aromatic carbocycles. The number of carbonyl (C=O) groups excluding carboxylic acids is 1. The molecular formula is C22H26N2O8. The van der Waals surface area contributed by atoms with E-state index in [1.807, 2.05) is 0 Å². The second kappa shape index (κ2) is 10.5. The first-order valence-electron chi connectivity index (χ1n) is 9.65. The van der Waals surface area contributed by atoms with Gasteiger partial charge in [-0.2, -0.15) is 0 Å². The Kier molecular flexibility index (Phi) is 8.58. The standard InChI is InChI=1S/C12H15NO4.C10H11NO4/c1-4-17-11(14)12(2,3)9-5-7-10(8-6-9)13(15)16;1-10(2,9(12)13)7-3-5-8(6-4-7)11(14)15/h5-8H,4H2,1-3H3;3-6H,1-2H3,(H,12,13). The lowest BCUT2D eigenvalue weighted by Crippen LogP contribution is -2.31. The van der Waals surface area contributed by atoms with E-state index >= 15 is 0 Å². The van der Waals surface area contributed by atoms with Gasteiger partial charge in [0.25, 0.3) is 11.4 Å². The van der Waals surface area contributed by atoms with E-state index in [9.17, 15) is 29.8 Å². The number of carbonyl (C=O) groups is 2. The molecule has 0 aliphatic carbocycles. The number of hydrogen-bond donors (Lipinski definition) is 1. The molecule has 0 aliphatic heterocycles. The van der Waals surface area contributed by atoms with Crippen LogP contribution in [-0.4, -0.2) is 33.5 Å². The third-order valence-electron chi connectivity index (χ3n) is 4.92. The lowest BCUT2D eigenvalue weighted by Gasteiger charge is -2.22. The van der Waals surface area contributed by atoms with Gasteiger partial charge in [0.15, 0.2) is 0 Å². The number of carboxylic acids is 1. The fraction of sp³-hybridized carbons (Fsp3) is 0.364. The minimum atomic E-state index is -1.03. The van der Waals surface area contributed by atoms with Crippen molar-refractivity contribution in [3.63, 3.8) is 0 Å². The quantitative estimate of drug-likeness (QED) is 0.374. The van der Waals surface area contributed by atoms with Crippen molar-refractivity contribution >= 4 is 23.3 Å². The summed E-state index contributed by atoms with van der Waals surface area (Å²) in [5, 5.41) is 29.8. The Morgan fingerprint density at radius 2 is 1.16 bits per heavy atom. The number of non-ortho nitro benzene ring substituents is 2. The van der Waals surface area contributed by atoms with Crippen molar-refractivity contribution in [1.82, 2.24) is 0 Å². The molecule has 0 saturated carbocycles. The first-order chi connectivity index (χ1) is 14.7. The van der Waals surface area contributed by atoms with E-state index in [4.69, 9.17) is 9.84 Å². The Bertz CT molecular complexity index is 980. The molecule has 0 aliphatic rings. The summed E-state index contributed by atoms with van der Waals surface area (Å²) in [6, 6.07) is 11.5. The van der Waals surface area contributed by atoms with Crippen LogP contribution in [0.15, 0.2) is 48.5 Å². The number of nitrogens with zero attached hydrogens (tertiary/aromatic N) is 2. The van der Waals surface area contributed by atoms with Gasteiger partial charge in [-0.15, -0.1) is 0 Å². The molecule has 0 radical (unpaired) electrons. The molecule has 0 unspecified atom stereocenters. The van der Waals surface area contributed by atoms with Crippen molar-refractivity contribution < 1.29 is 29.3 Å². The van der Waals surface area contributed by atoms with Crippen molar-refractivity contribution in [1.29, 1.82) is 0 Å². The normalized spacial score (nSPS) is 11.0. The summed E-state index contributed by atoms with van der Waals surface area (Å²) in [7, 11) is 0. The van der Waals surface area contributed by atoms with Gasteiger partial charge in [-0.25, -0.2) is 0 Å². The van der Waals surface area contributed by atoms with E-state index < -0.39 is 26.6 Å². The smallest absolute Gasteiger partial charge is 0.315 e. The summed E-state index contributed by atoms with van der Waals surface area (Å²) >= 11 is 0. The van der Waals surface area contributed by atoms with Crippen LogP contribution in [-0.2, 0) is 25.2 Å². The highest BCUT2D eigenvalue weighted by atomic mass is 16.6. The molecule has 0 heterocycles. The van der Waals surface area contributed by atoms with Crippen LogP contribution in [0.3, 0.4) is 0 Å². The van der Waals surface area contributed by atoms with Crippen LogP contribution in [0.2, 0.25) is 0 Å². The van der Waals surface area contributed by atoms with Crippen LogP contribution in [0.5, 0.6) is 0 Å². The number of hydrogen-bond acceptors (Lipinski definition) is 7. The van der Waals surface area contributed by atoms with Gasteiger partial charge < -0.3 is 9.84 Å². The number of rotatable bonds is 7. The maximum atomic E-state index is 11.7. The van der Waals surface area contributed by atoms with E-state index in [1.54, 1.807) is 46.8 Å². The fourth-order valence-corrected chi connectivity index (χ4v) is 2.55. The SMILES string of the molecule is CC(C)(C(=O)O)c1ccc([N+](=O)[O-])cc1.CCOC(=O)C(C)(C)c1ccc([N+](=O)[O-])cc1. The first-order valence-corrected chi connectivity index (χ1v) is 9.65. The van der Waals surface area contributed by atoms with E-state index in [2.05, 4.69) is 0 Å². The Hall–Kier alpha value is -3.82. The van der Waals surface area contributed by atoms with Gasteiger partial charge in [-0.3, -0.25) is 29.8 Å². The van der Waals surface area contributed by atoms with Crippen LogP contribution < -0.4 is 0 Å². The average Bonchev–Trinajstić information content (AvgIpc) is 2.74. The van der Waals surface area contributed by atoms with Gasteiger partial charge in [-0.1, -0.05) is 24.3 Å². The highest BCUT2D eigenvalue weighted by molar-refractivity contribution is 5.82. The minimum Gasteiger partial charge on any atom is -0.481 e. The molecule has 0 fully saturated rings. The molecule has 0 amide bonds. The molecular weight excluding hydrogens is 420 g/mol. The van der Waals surface area contributed by atoms with Gasteiger partial charge in [0.2, 0.25) is 0 Å². The first kappa shape index (κ1) is 26.2. The zero-order chi connectivity index (χ0) is 24.7. The van der Waals surface area contributed by atoms with E-state index in [1.165, 1.54) is 36.4 Å². The Morgan fingerprint density at radius 3 is 1.44 bits per heavy atom. The molecule has 2 rings (SSSR count). The highest BCUT2D eigenvalue weighted by Gasteiger charge is 2.31. The number of carboxylic acid groups (broad SMARTS) is 1. The molecule has 10 heteroatoms. The molecule has 172 valence electrons. The Labute approximate surface area is 185 Å². The predicted molar refractivity (Wildman–Crippen MR) is 117 cm³/mol. The Morgan fingerprint density at radius 1 is 0.812 bits per heavy atom. The highest BCUT2D eigenvalue weighted by Crippen LogP contribution is 2.27. The maximum Gasteiger partial charge on any atom is 0.315 e. The summed E-state index contributed by atoms with van der Waals surface area (Å²) < 4.78 is 4.97. The third-order valence-corrected chi connectivity index (χ3v) is 4.92. The van der Waals surface area contributed by atoms with E-state index in [-0.39, 0.29) is 17.3 Å². The second-order valence-electron chi connectivity index (χ2n) is 7.88. The number of benzene rings is 2. The number of ether oxygens (including phenoxy) is 1. The summed E-state index contributed by atoms with van der Waals surface area (Å²) in [5.41, 5.74) is -0.629. The van der Waals surface area contributed by atoms with Gasteiger partial charge in [0.05, 0.1) is 27.3 Å². The van der Waals surface area contributed by atoms with Crippen LogP contribution in [0, 0.1) is 20.2 Å². The topological polar surface area (TPSA) is 150 Å². The van der Waals surface area contributed by atoms with Crippen LogP contribution in [0.4, 0.5) is 11.4 Å². The molecule has 0 bridgehead atoms. The lowest BCUT2D eigenvalue weighted by molar-refractivity contribution is -0.385. The predicted octanol–water partition coefficient (Wildman–Crippen LogP) is 4.39. The zero-order valence-electron chi connectivity index (χ0n) is 18.5. The fourth-order valence-electron chi connectivity index (χ4n) is 2.55. The van der Waals surface area contributed by atoms with E-state index in [0.29, 0.717) is 17.7 Å². The van der Waals surface area contributed by atoms with Gasteiger partial charge in [0, 0.05) is 24.3 Å². The summed E-state index contributed by atoms with van der Waals surface area (Å²) in [4.78, 5) is 42.5. The van der Waals surface area contributed by atoms with Crippen molar-refractivity contribution in [3.05, 3.63) is 79.9 Å². The van der Waals surface area contributed by atoms with Crippen molar-refractivity contribution in [2.24, 2.45) is 0 Å². The van der Waals surface area contributed by atoms with Crippen molar-refractivity contribution in [2.75, 3.05) is 6.61 Å². The minimum absolute atomic E-state index is 0.00779. The number of esters is 1. The summed E-state index contributed by atoms with van der Waals surface area (Å²) in [5.74, 6) is -1.30. The lowest BCUT2D eigenvalue weighted by atomic mass is 9.85. The van der Waals surface area contributed by atoms with Crippen molar-refractivity contribution in [3.8, 4) is 0 Å². The maximum absolute atomic E-state index is 11.7. The molecule has 1 N–H and O–H groups in total. The Balaban J connectivity index is 0.000000323. The average molecular weight is 446 g/mol. The van der Waals surface area contributed by atoms with Gasteiger partial charge in [-0.05, 0) is 45.7 Å². The second-order valence-corrected chi connectivity index (χ2v) is 7.88. The van der Waals surface area contributed by atoms with Gasteiger partial charge >= 0.3 is 11.9 Å². The number of nitro benzene ring substituents is 2. The third kappa shape index (κ3) is 6.34. The van der Waals surface area contributed by atoms with Crippen LogP contribution >= 0.6 is 0 Å². The van der Waals surface area contributed by atoms with Crippen LogP contribution in [0.25, 0.3) is 0 Å². The molecule has 0 saturated heterocycles. The number of nitro groups is 2. The molecule has 10 nitrogen and oxygen atoms in total. The van der Waals surface area contributed by atoms with Gasteiger partial charge in [0.1, 0.15) is 0 Å². The summed E-state index contributed by atoms with van der Waals surface area (Å²) in [6.07, 6.45) is 0. The largest absolute Gasteiger partial charge is 0.481 e. The van der Waals surface area contributed by atoms with E-state index in [0.717, 1.165) is 0 Å². The monoisotopic (exact) mass is 446 g/mol. The molecule has 32 heavy (non-hydrogen) atoms. The number of aliphatic carboxylic acids is 1. The summed E-state index contributed by atoms with van der Waals surface area (Å²) in [6.45, 7) is 8.62. The molecule has 0 spiro atoms. The molecule has 0 atom stereocenters. The molecule has 0 aromatic heterocycles. The van der Waals surface area contributed by atoms with Crippen molar-refractivity contribution in [2.45, 2.75) is 45.4 Å².